The van der Waals surface area contributed by atoms with E-state index in [-0.39, 0.29) is 24.1 Å². The highest BCUT2D eigenvalue weighted by atomic mass is 19.1. The Kier molecular flexibility index (Phi) is 7.53. The number of piperidine rings is 1. The summed E-state index contributed by atoms with van der Waals surface area (Å²) in [4.78, 5) is 19.6. The third kappa shape index (κ3) is 5.63. The van der Waals surface area contributed by atoms with Crippen LogP contribution in [0, 0.1) is 11.6 Å². The molecule has 0 saturated carbocycles. The van der Waals surface area contributed by atoms with Gasteiger partial charge < -0.3 is 20.4 Å². The van der Waals surface area contributed by atoms with Crippen LogP contribution in [0.3, 0.4) is 0 Å². The number of hydrogen-bond acceptors (Lipinski definition) is 3. The zero-order chi connectivity index (χ0) is 20.0. The maximum atomic E-state index is 14.2. The van der Waals surface area contributed by atoms with E-state index in [0.29, 0.717) is 25.5 Å². The number of hydrogen-bond donors (Lipinski definition) is 2. The zero-order valence-corrected chi connectivity index (χ0v) is 16.4. The number of guanidine groups is 1. The molecule has 1 aliphatic rings. The first-order valence-electron chi connectivity index (χ1n) is 9.22. The molecule has 2 rings (SSSR count). The molecule has 150 valence electrons. The Bertz CT molecular complexity index is 660. The van der Waals surface area contributed by atoms with Crippen molar-refractivity contribution in [2.24, 2.45) is 4.99 Å². The van der Waals surface area contributed by atoms with Crippen molar-refractivity contribution in [1.29, 1.82) is 0 Å². The molecule has 0 bridgehead atoms. The van der Waals surface area contributed by atoms with Gasteiger partial charge in [-0.3, -0.25) is 9.79 Å². The molecule has 0 spiro atoms. The van der Waals surface area contributed by atoms with Gasteiger partial charge in [0.2, 0.25) is 5.91 Å². The number of nitrogens with zero attached hydrogens (tertiary/aromatic N) is 3. The van der Waals surface area contributed by atoms with Gasteiger partial charge in [-0.1, -0.05) is 6.07 Å². The van der Waals surface area contributed by atoms with E-state index in [0.717, 1.165) is 6.42 Å². The quantitative estimate of drug-likeness (QED) is 0.582. The van der Waals surface area contributed by atoms with Gasteiger partial charge in [0.15, 0.2) is 5.96 Å². The maximum Gasteiger partial charge on any atom is 0.222 e. The molecule has 0 aliphatic carbocycles. The van der Waals surface area contributed by atoms with Crippen molar-refractivity contribution in [1.82, 2.24) is 20.4 Å². The predicted octanol–water partition coefficient (Wildman–Crippen LogP) is 1.74. The molecule has 0 radical (unpaired) electrons. The van der Waals surface area contributed by atoms with Crippen LogP contribution in [0.4, 0.5) is 8.78 Å². The standard InChI is InChI=1S/C19H29F2N5O/c1-5-22-19(24-13-9-10-17(27)26(4)12-13)23-11-16(25(2)3)18-14(20)7-6-8-15(18)21/h6-8,13,16H,5,9-12H2,1-4H3,(H2,22,23,24). The summed E-state index contributed by atoms with van der Waals surface area (Å²) in [6, 6.07) is 3.44. The molecule has 27 heavy (non-hydrogen) atoms. The first kappa shape index (κ1) is 21.1. The van der Waals surface area contributed by atoms with Crippen LogP contribution in [0.15, 0.2) is 23.2 Å². The van der Waals surface area contributed by atoms with Crippen LogP contribution < -0.4 is 10.6 Å². The lowest BCUT2D eigenvalue weighted by molar-refractivity contribution is -0.132. The van der Waals surface area contributed by atoms with E-state index in [4.69, 9.17) is 0 Å². The minimum Gasteiger partial charge on any atom is -0.357 e. The van der Waals surface area contributed by atoms with Crippen molar-refractivity contribution < 1.29 is 13.6 Å². The Morgan fingerprint density at radius 3 is 2.59 bits per heavy atom. The van der Waals surface area contributed by atoms with Crippen molar-refractivity contribution >= 4 is 11.9 Å². The number of aliphatic imine (C=N–C) groups is 1. The highest BCUT2D eigenvalue weighted by Gasteiger charge is 2.25. The van der Waals surface area contributed by atoms with E-state index in [2.05, 4.69) is 15.6 Å². The average molecular weight is 381 g/mol. The van der Waals surface area contributed by atoms with E-state index in [9.17, 15) is 13.6 Å². The number of carbonyl (C=O) groups is 1. The van der Waals surface area contributed by atoms with Gasteiger partial charge in [-0.2, -0.15) is 0 Å². The number of likely N-dealkylation sites (tertiary alicyclic amines) is 1. The van der Waals surface area contributed by atoms with Crippen LogP contribution in [0.2, 0.25) is 0 Å². The van der Waals surface area contributed by atoms with Crippen molar-refractivity contribution in [3.8, 4) is 0 Å². The minimum atomic E-state index is -0.575. The maximum absolute atomic E-state index is 14.2. The van der Waals surface area contributed by atoms with E-state index >= 15 is 0 Å². The van der Waals surface area contributed by atoms with Gasteiger partial charge in [-0.15, -0.1) is 0 Å². The summed E-state index contributed by atoms with van der Waals surface area (Å²) < 4.78 is 28.4. The fourth-order valence-corrected chi connectivity index (χ4v) is 3.16. The number of nitrogens with one attached hydrogen (secondary N) is 2. The van der Waals surface area contributed by atoms with E-state index in [1.807, 2.05) is 6.92 Å². The lowest BCUT2D eigenvalue weighted by Crippen LogP contribution is -2.51. The molecular weight excluding hydrogens is 352 g/mol. The Morgan fingerprint density at radius 2 is 2.04 bits per heavy atom. The van der Waals surface area contributed by atoms with Crippen molar-refractivity contribution in [2.45, 2.75) is 31.8 Å². The summed E-state index contributed by atoms with van der Waals surface area (Å²) in [5.41, 5.74) is 0.0186. The highest BCUT2D eigenvalue weighted by molar-refractivity contribution is 5.81. The van der Waals surface area contributed by atoms with Crippen LogP contribution >= 0.6 is 0 Å². The van der Waals surface area contributed by atoms with Gasteiger partial charge in [0.05, 0.1) is 12.6 Å². The Labute approximate surface area is 159 Å². The number of amides is 1. The number of halogens is 2. The lowest BCUT2D eigenvalue weighted by atomic mass is 10.0. The first-order chi connectivity index (χ1) is 12.8. The number of benzene rings is 1. The lowest BCUT2D eigenvalue weighted by Gasteiger charge is -2.31. The third-order valence-electron chi connectivity index (χ3n) is 4.69. The second-order valence-electron chi connectivity index (χ2n) is 6.99. The van der Waals surface area contributed by atoms with E-state index < -0.39 is 17.7 Å². The largest absolute Gasteiger partial charge is 0.357 e. The minimum absolute atomic E-state index is 0.0186. The summed E-state index contributed by atoms with van der Waals surface area (Å²) in [7, 11) is 5.32. The Balaban J connectivity index is 2.14. The molecule has 1 amide bonds. The SMILES string of the molecule is CCNC(=NCC(c1c(F)cccc1F)N(C)C)NC1CCC(=O)N(C)C1. The number of carbonyl (C=O) groups excluding carboxylic acids is 1. The summed E-state index contributed by atoms with van der Waals surface area (Å²) >= 11 is 0. The average Bonchev–Trinajstić information content (AvgIpc) is 2.60. The van der Waals surface area contributed by atoms with Gasteiger partial charge in [0.1, 0.15) is 11.6 Å². The Morgan fingerprint density at radius 1 is 1.37 bits per heavy atom. The van der Waals surface area contributed by atoms with Gasteiger partial charge in [-0.25, -0.2) is 8.78 Å². The van der Waals surface area contributed by atoms with Crippen LogP contribution in [0.1, 0.15) is 31.4 Å². The van der Waals surface area contributed by atoms with Crippen LogP contribution in [-0.4, -0.2) is 68.5 Å². The molecule has 1 aromatic rings. The summed E-state index contributed by atoms with van der Waals surface area (Å²) in [6.45, 7) is 3.41. The summed E-state index contributed by atoms with van der Waals surface area (Å²) in [6.07, 6.45) is 1.22. The fourth-order valence-electron chi connectivity index (χ4n) is 3.16. The highest BCUT2D eigenvalue weighted by Crippen LogP contribution is 2.24. The molecule has 2 atom stereocenters. The molecule has 1 heterocycles. The summed E-state index contributed by atoms with van der Waals surface area (Å²) in [5, 5.41) is 6.48. The monoisotopic (exact) mass is 381 g/mol. The second-order valence-corrected chi connectivity index (χ2v) is 6.99. The van der Waals surface area contributed by atoms with Crippen LogP contribution in [0.5, 0.6) is 0 Å². The Hall–Kier alpha value is -2.22. The smallest absolute Gasteiger partial charge is 0.222 e. The molecule has 6 nitrogen and oxygen atoms in total. The van der Waals surface area contributed by atoms with Crippen molar-refractivity contribution in [2.75, 3.05) is 40.8 Å². The van der Waals surface area contributed by atoms with Crippen LogP contribution in [0.25, 0.3) is 0 Å². The molecule has 8 heteroatoms. The third-order valence-corrected chi connectivity index (χ3v) is 4.69. The normalized spacial score (nSPS) is 19.4. The van der Waals surface area contributed by atoms with Crippen molar-refractivity contribution in [3.63, 3.8) is 0 Å². The first-order valence-corrected chi connectivity index (χ1v) is 9.22. The molecular formula is C19H29F2N5O. The molecule has 0 aromatic heterocycles. The van der Waals surface area contributed by atoms with Crippen molar-refractivity contribution in [3.05, 3.63) is 35.4 Å². The number of rotatable bonds is 6. The zero-order valence-electron chi connectivity index (χ0n) is 16.4. The van der Waals surface area contributed by atoms with Crippen LogP contribution in [-0.2, 0) is 4.79 Å². The van der Waals surface area contributed by atoms with Gasteiger partial charge in [-0.05, 0) is 39.6 Å². The summed E-state index contributed by atoms with van der Waals surface area (Å²) in [5.74, 6) is -0.435. The topological polar surface area (TPSA) is 60.0 Å². The van der Waals surface area contributed by atoms with Gasteiger partial charge in [0.25, 0.3) is 0 Å². The molecule has 2 unspecified atom stereocenters. The van der Waals surface area contributed by atoms with Gasteiger partial charge in [0, 0.05) is 38.2 Å². The molecule has 1 saturated heterocycles. The molecule has 2 N–H and O–H groups in total. The molecule has 1 aromatic carbocycles. The van der Waals surface area contributed by atoms with E-state index in [1.165, 1.54) is 18.2 Å². The van der Waals surface area contributed by atoms with Gasteiger partial charge >= 0.3 is 0 Å². The molecule has 1 fully saturated rings. The fraction of sp³-hybridized carbons (Fsp3) is 0.579. The van der Waals surface area contributed by atoms with E-state index in [1.54, 1.807) is 30.9 Å². The second kappa shape index (κ2) is 9.64. The number of likely N-dealkylation sites (N-methyl/N-ethyl adjacent to an activating group) is 2. The predicted molar refractivity (Wildman–Crippen MR) is 103 cm³/mol. The molecule has 1 aliphatic heterocycles.